The van der Waals surface area contributed by atoms with Crippen LogP contribution in [0.4, 0.5) is 0 Å². The first-order valence-electron chi connectivity index (χ1n) is 3.96. The molecule has 0 aromatic heterocycles. The molecule has 0 saturated heterocycles. The molecule has 1 heterocycles. The van der Waals surface area contributed by atoms with Crippen molar-refractivity contribution in [1.82, 2.24) is 5.32 Å². The fourth-order valence-corrected chi connectivity index (χ4v) is 1.29. The molecule has 0 fully saturated rings. The maximum Gasteiger partial charge on any atom is 0.231 e. The van der Waals surface area contributed by atoms with Crippen LogP contribution < -0.4 is 27.2 Å². The molecule has 0 aliphatic carbocycles. The summed E-state index contributed by atoms with van der Waals surface area (Å²) in [7, 11) is 0. The van der Waals surface area contributed by atoms with Crippen LogP contribution in [0.25, 0.3) is 0 Å². The van der Waals surface area contributed by atoms with Gasteiger partial charge in [0.15, 0.2) is 11.5 Å². The van der Waals surface area contributed by atoms with Crippen molar-refractivity contribution in [2.75, 3.05) is 6.79 Å². The van der Waals surface area contributed by atoms with Gasteiger partial charge in [-0.05, 0) is 17.7 Å². The molecule has 1 aromatic carbocycles. The Labute approximate surface area is 93.8 Å². The van der Waals surface area contributed by atoms with E-state index in [9.17, 15) is 0 Å². The SMILES string of the molecule is S=CNCc1ccc2c(c1)OCO2.[Cl-]. The third kappa shape index (κ3) is 2.27. The summed E-state index contributed by atoms with van der Waals surface area (Å²) >= 11 is 4.66. The topological polar surface area (TPSA) is 30.5 Å². The smallest absolute Gasteiger partial charge is 0.231 e. The maximum absolute atomic E-state index is 5.23. The maximum atomic E-state index is 5.23. The van der Waals surface area contributed by atoms with E-state index in [1.54, 1.807) is 0 Å². The van der Waals surface area contributed by atoms with Crippen molar-refractivity contribution in [3.8, 4) is 11.5 Å². The van der Waals surface area contributed by atoms with Crippen LogP contribution in [-0.4, -0.2) is 12.3 Å². The van der Waals surface area contributed by atoms with E-state index in [1.165, 1.54) is 5.49 Å². The van der Waals surface area contributed by atoms with Crippen LogP contribution in [0, 0.1) is 0 Å². The van der Waals surface area contributed by atoms with E-state index >= 15 is 0 Å². The van der Waals surface area contributed by atoms with Crippen LogP contribution >= 0.6 is 12.2 Å². The van der Waals surface area contributed by atoms with Crippen molar-refractivity contribution in [3.63, 3.8) is 0 Å². The van der Waals surface area contributed by atoms with E-state index in [0.717, 1.165) is 23.6 Å². The minimum atomic E-state index is 0. The van der Waals surface area contributed by atoms with E-state index in [-0.39, 0.29) is 12.4 Å². The highest BCUT2D eigenvalue weighted by Gasteiger charge is 2.12. The van der Waals surface area contributed by atoms with Gasteiger partial charge in [0.05, 0.1) is 5.49 Å². The molecule has 0 bridgehead atoms. The number of halogens is 1. The Balaban J connectivity index is 0.000000980. The number of ether oxygens (including phenoxy) is 2. The van der Waals surface area contributed by atoms with Gasteiger partial charge in [0.25, 0.3) is 0 Å². The zero-order valence-electron chi connectivity index (χ0n) is 7.33. The fourth-order valence-electron chi connectivity index (χ4n) is 1.21. The van der Waals surface area contributed by atoms with Gasteiger partial charge in [0.1, 0.15) is 0 Å². The van der Waals surface area contributed by atoms with Gasteiger partial charge >= 0.3 is 0 Å². The van der Waals surface area contributed by atoms with Crippen molar-refractivity contribution < 1.29 is 21.9 Å². The highest BCUT2D eigenvalue weighted by Crippen LogP contribution is 2.32. The van der Waals surface area contributed by atoms with Gasteiger partial charge in [-0.2, -0.15) is 0 Å². The largest absolute Gasteiger partial charge is 1.00 e. The second-order valence-electron chi connectivity index (χ2n) is 2.69. The lowest BCUT2D eigenvalue weighted by atomic mass is 10.2. The standard InChI is InChI=1S/C9H9NO2S.ClH/c13-5-10-4-7-1-2-8-9(3-7)12-6-11-8;/h1-3,5H,4,6H2,(H,10,13);1H/p-1. The van der Waals surface area contributed by atoms with Crippen LogP contribution in [0.15, 0.2) is 18.2 Å². The summed E-state index contributed by atoms with van der Waals surface area (Å²) in [6, 6.07) is 5.84. The van der Waals surface area contributed by atoms with Gasteiger partial charge in [-0.1, -0.05) is 18.3 Å². The Morgan fingerprint density at radius 2 is 2.14 bits per heavy atom. The number of benzene rings is 1. The second-order valence-corrected chi connectivity index (χ2v) is 2.92. The molecule has 1 N–H and O–H groups in total. The summed E-state index contributed by atoms with van der Waals surface area (Å²) in [6.45, 7) is 1.04. The molecule has 1 aliphatic rings. The van der Waals surface area contributed by atoms with Crippen molar-refractivity contribution in [2.24, 2.45) is 0 Å². The summed E-state index contributed by atoms with van der Waals surface area (Å²) in [6.07, 6.45) is 0. The van der Waals surface area contributed by atoms with Crippen molar-refractivity contribution in [3.05, 3.63) is 23.8 Å². The molecular weight excluding hydrogens is 222 g/mol. The second kappa shape index (κ2) is 5.02. The Hall–Kier alpha value is -1.00. The van der Waals surface area contributed by atoms with Crippen molar-refractivity contribution in [1.29, 1.82) is 0 Å². The van der Waals surface area contributed by atoms with Crippen molar-refractivity contribution >= 4 is 17.7 Å². The zero-order valence-corrected chi connectivity index (χ0v) is 8.90. The average molecular weight is 231 g/mol. The summed E-state index contributed by atoms with van der Waals surface area (Å²) < 4.78 is 10.4. The fraction of sp³-hybridized carbons (Fsp3) is 0.222. The van der Waals surface area contributed by atoms with Crippen LogP contribution in [0.2, 0.25) is 0 Å². The molecule has 3 nitrogen and oxygen atoms in total. The third-order valence-electron chi connectivity index (χ3n) is 1.83. The average Bonchev–Trinajstić information content (AvgIpc) is 2.61. The van der Waals surface area contributed by atoms with Gasteiger partial charge < -0.3 is 27.2 Å². The lowest BCUT2D eigenvalue weighted by Crippen LogP contribution is -3.00. The summed E-state index contributed by atoms with van der Waals surface area (Å²) in [5.41, 5.74) is 2.63. The molecule has 0 spiro atoms. The van der Waals surface area contributed by atoms with E-state index in [4.69, 9.17) is 9.47 Å². The molecule has 14 heavy (non-hydrogen) atoms. The molecule has 0 amide bonds. The van der Waals surface area contributed by atoms with E-state index < -0.39 is 0 Å². The Bertz CT molecular complexity index is 333. The molecule has 0 unspecified atom stereocenters. The van der Waals surface area contributed by atoms with Crippen molar-refractivity contribution in [2.45, 2.75) is 6.54 Å². The molecule has 1 aromatic rings. The van der Waals surface area contributed by atoms with Crippen LogP contribution in [0.1, 0.15) is 5.56 Å². The van der Waals surface area contributed by atoms with Crippen LogP contribution in [0.5, 0.6) is 11.5 Å². The first-order valence-corrected chi connectivity index (χ1v) is 4.43. The molecular formula is C9H9ClNO2S-. The zero-order chi connectivity index (χ0) is 9.10. The van der Waals surface area contributed by atoms with Gasteiger partial charge in [-0.3, -0.25) is 0 Å². The Kier molecular flexibility index (Phi) is 3.98. The van der Waals surface area contributed by atoms with E-state index in [2.05, 4.69) is 17.5 Å². The van der Waals surface area contributed by atoms with Crippen LogP contribution in [0.3, 0.4) is 0 Å². The predicted octanol–water partition coefficient (Wildman–Crippen LogP) is -1.53. The first kappa shape index (κ1) is 11.1. The minimum absolute atomic E-state index is 0. The molecule has 2 rings (SSSR count). The molecule has 0 atom stereocenters. The summed E-state index contributed by atoms with van der Waals surface area (Å²) in [5.74, 6) is 1.62. The Morgan fingerprint density at radius 1 is 1.36 bits per heavy atom. The lowest BCUT2D eigenvalue weighted by molar-refractivity contribution is -0.00000407. The van der Waals surface area contributed by atoms with E-state index in [0.29, 0.717) is 6.79 Å². The minimum Gasteiger partial charge on any atom is -1.00 e. The van der Waals surface area contributed by atoms with Gasteiger partial charge in [-0.15, -0.1) is 0 Å². The van der Waals surface area contributed by atoms with E-state index in [1.807, 2.05) is 18.2 Å². The van der Waals surface area contributed by atoms with Gasteiger partial charge in [-0.25, -0.2) is 0 Å². The molecule has 5 heteroatoms. The number of fused-ring (bicyclic) bond motifs is 1. The first-order chi connectivity index (χ1) is 6.40. The Morgan fingerprint density at radius 3 is 2.93 bits per heavy atom. The number of hydrogen-bond acceptors (Lipinski definition) is 3. The third-order valence-corrected chi connectivity index (χ3v) is 1.99. The number of thiocarbonyl (C=S) groups is 1. The number of hydrogen-bond donors (Lipinski definition) is 1. The number of rotatable bonds is 3. The molecule has 76 valence electrons. The number of nitrogens with one attached hydrogen (secondary N) is 1. The van der Waals surface area contributed by atoms with Gasteiger partial charge in [0, 0.05) is 6.54 Å². The summed E-state index contributed by atoms with van der Waals surface area (Å²) in [4.78, 5) is 0. The highest BCUT2D eigenvalue weighted by molar-refractivity contribution is 7.78. The summed E-state index contributed by atoms with van der Waals surface area (Å²) in [5, 5.41) is 2.95. The molecule has 1 aliphatic heterocycles. The lowest BCUT2D eigenvalue weighted by Gasteiger charge is -2.01. The highest BCUT2D eigenvalue weighted by atomic mass is 35.5. The van der Waals surface area contributed by atoms with Crippen LogP contribution in [-0.2, 0) is 6.54 Å². The normalized spacial score (nSPS) is 11.7. The van der Waals surface area contributed by atoms with Gasteiger partial charge in [0.2, 0.25) is 6.79 Å². The quantitative estimate of drug-likeness (QED) is 0.639. The molecule has 0 radical (unpaired) electrons. The molecule has 0 saturated carbocycles. The predicted molar refractivity (Wildman–Crippen MR) is 53.1 cm³/mol. The monoisotopic (exact) mass is 230 g/mol.